The molecule has 0 spiro atoms. The first-order valence-electron chi connectivity index (χ1n) is 6.29. The minimum atomic E-state index is -0.480. The average Bonchev–Trinajstić information content (AvgIpc) is 2.98. The summed E-state index contributed by atoms with van der Waals surface area (Å²) < 4.78 is 1.47. The normalized spacial score (nSPS) is 10.7. The molecule has 0 atom stereocenters. The van der Waals surface area contributed by atoms with Crippen LogP contribution < -0.4 is 21.9 Å². The number of amides is 1. The molecule has 2 aromatic rings. The van der Waals surface area contributed by atoms with Crippen molar-refractivity contribution in [3.63, 3.8) is 0 Å². The Kier molecular flexibility index (Phi) is 4.28. The standard InChI is InChI=1S/C11H17N9O/c1-7(2)19(6-8(12)21)10-15-9(18-13)16-11(17-10)20-5-3-4-14-20/h3-5,7H,6,13H2,1-2H3,(H2,12,21)(H,15,16,17,18). The Morgan fingerprint density at radius 3 is 2.71 bits per heavy atom. The van der Waals surface area contributed by atoms with E-state index in [2.05, 4.69) is 25.5 Å². The van der Waals surface area contributed by atoms with Crippen molar-refractivity contribution in [3.05, 3.63) is 18.5 Å². The molecule has 10 nitrogen and oxygen atoms in total. The molecule has 0 unspecified atom stereocenters. The Morgan fingerprint density at radius 2 is 2.19 bits per heavy atom. The number of aromatic nitrogens is 5. The molecule has 0 bridgehead atoms. The predicted octanol–water partition coefficient (Wildman–Crippen LogP) is -0.957. The lowest BCUT2D eigenvalue weighted by atomic mass is 10.3. The lowest BCUT2D eigenvalue weighted by molar-refractivity contribution is -0.116. The van der Waals surface area contributed by atoms with Crippen LogP contribution in [0, 0.1) is 0 Å². The SMILES string of the molecule is CC(C)N(CC(N)=O)c1nc(NN)nc(-n2cccn2)n1. The fourth-order valence-electron chi connectivity index (χ4n) is 1.69. The number of hydrogen-bond donors (Lipinski definition) is 3. The van der Waals surface area contributed by atoms with Crippen molar-refractivity contribution in [2.45, 2.75) is 19.9 Å². The minimum Gasteiger partial charge on any atom is -0.368 e. The molecule has 112 valence electrons. The predicted molar refractivity (Wildman–Crippen MR) is 76.4 cm³/mol. The number of nitrogen functional groups attached to an aromatic ring is 1. The van der Waals surface area contributed by atoms with Gasteiger partial charge >= 0.3 is 0 Å². The van der Waals surface area contributed by atoms with Crippen LogP contribution in [0.1, 0.15) is 13.8 Å². The van der Waals surface area contributed by atoms with Gasteiger partial charge in [-0.05, 0) is 19.9 Å². The Hall–Kier alpha value is -2.75. The fourth-order valence-corrected chi connectivity index (χ4v) is 1.69. The molecule has 2 heterocycles. The maximum atomic E-state index is 11.2. The third-order valence-corrected chi connectivity index (χ3v) is 2.66. The fraction of sp³-hybridized carbons (Fsp3) is 0.364. The number of hydrazine groups is 1. The quantitative estimate of drug-likeness (QED) is 0.456. The van der Waals surface area contributed by atoms with E-state index in [1.165, 1.54) is 4.68 Å². The Morgan fingerprint density at radius 1 is 1.43 bits per heavy atom. The lowest BCUT2D eigenvalue weighted by Crippen LogP contribution is -2.40. The average molecular weight is 291 g/mol. The van der Waals surface area contributed by atoms with Crippen molar-refractivity contribution < 1.29 is 4.79 Å². The van der Waals surface area contributed by atoms with Crippen LogP contribution in [0.15, 0.2) is 18.5 Å². The van der Waals surface area contributed by atoms with Gasteiger partial charge in [0.05, 0.1) is 6.54 Å². The second-order valence-corrected chi connectivity index (χ2v) is 4.54. The van der Waals surface area contributed by atoms with Crippen LogP contribution in [0.4, 0.5) is 11.9 Å². The van der Waals surface area contributed by atoms with E-state index in [1.54, 1.807) is 23.4 Å². The Bertz CT molecular complexity index is 610. The van der Waals surface area contributed by atoms with Crippen molar-refractivity contribution in [1.29, 1.82) is 0 Å². The van der Waals surface area contributed by atoms with E-state index in [0.29, 0.717) is 0 Å². The zero-order chi connectivity index (χ0) is 15.4. The maximum Gasteiger partial charge on any atom is 0.257 e. The van der Waals surface area contributed by atoms with Crippen LogP contribution >= 0.6 is 0 Å². The molecular weight excluding hydrogens is 274 g/mol. The summed E-state index contributed by atoms with van der Waals surface area (Å²) in [5.41, 5.74) is 7.63. The highest BCUT2D eigenvalue weighted by Crippen LogP contribution is 2.14. The third kappa shape index (κ3) is 3.42. The van der Waals surface area contributed by atoms with Gasteiger partial charge < -0.3 is 10.6 Å². The zero-order valence-electron chi connectivity index (χ0n) is 11.8. The number of hydrogen-bond acceptors (Lipinski definition) is 8. The van der Waals surface area contributed by atoms with Gasteiger partial charge in [-0.15, -0.1) is 0 Å². The summed E-state index contributed by atoms with van der Waals surface area (Å²) in [5.74, 6) is 5.64. The van der Waals surface area contributed by atoms with Crippen LogP contribution in [0.5, 0.6) is 0 Å². The summed E-state index contributed by atoms with van der Waals surface area (Å²) >= 11 is 0. The molecule has 5 N–H and O–H groups in total. The third-order valence-electron chi connectivity index (χ3n) is 2.66. The number of rotatable bonds is 6. The second-order valence-electron chi connectivity index (χ2n) is 4.54. The van der Waals surface area contributed by atoms with Crippen LogP contribution in [0.2, 0.25) is 0 Å². The molecule has 2 aromatic heterocycles. The number of primary amides is 1. The molecule has 1 amide bonds. The Balaban J connectivity index is 2.46. The molecule has 0 aromatic carbocycles. The van der Waals surface area contributed by atoms with Gasteiger partial charge in [0.25, 0.3) is 5.95 Å². The summed E-state index contributed by atoms with van der Waals surface area (Å²) in [6.07, 6.45) is 3.29. The van der Waals surface area contributed by atoms with Gasteiger partial charge in [0, 0.05) is 18.4 Å². The van der Waals surface area contributed by atoms with Crippen LogP contribution in [0.25, 0.3) is 5.95 Å². The molecule has 0 aliphatic rings. The van der Waals surface area contributed by atoms with Crippen LogP contribution in [0.3, 0.4) is 0 Å². The minimum absolute atomic E-state index is 0.00968. The molecular formula is C11H17N9O. The first kappa shape index (κ1) is 14.7. The number of nitrogens with two attached hydrogens (primary N) is 2. The largest absolute Gasteiger partial charge is 0.368 e. The summed E-state index contributed by atoms with van der Waals surface area (Å²) in [7, 11) is 0. The molecule has 2 rings (SSSR count). The number of anilines is 2. The molecule has 0 saturated heterocycles. The van der Waals surface area contributed by atoms with E-state index < -0.39 is 5.91 Å². The van der Waals surface area contributed by atoms with Gasteiger partial charge in [0.1, 0.15) is 0 Å². The van der Waals surface area contributed by atoms with E-state index in [1.807, 2.05) is 13.8 Å². The van der Waals surface area contributed by atoms with Crippen LogP contribution in [-0.2, 0) is 4.79 Å². The van der Waals surface area contributed by atoms with Crippen LogP contribution in [-0.4, -0.2) is 43.2 Å². The second kappa shape index (κ2) is 6.13. The molecule has 0 aliphatic heterocycles. The van der Waals surface area contributed by atoms with Crippen molar-refractivity contribution >= 4 is 17.8 Å². The molecule has 0 fully saturated rings. The number of carbonyl (C=O) groups excluding carboxylic acids is 1. The number of nitrogens with one attached hydrogen (secondary N) is 1. The summed E-state index contributed by atoms with van der Waals surface area (Å²) in [6.45, 7) is 3.79. The first-order chi connectivity index (χ1) is 10.0. The van der Waals surface area contributed by atoms with E-state index in [0.717, 1.165) is 0 Å². The van der Waals surface area contributed by atoms with Gasteiger partial charge in [-0.2, -0.15) is 20.1 Å². The molecule has 10 heteroatoms. The maximum absolute atomic E-state index is 11.2. The summed E-state index contributed by atoms with van der Waals surface area (Å²) in [5, 5.41) is 4.05. The molecule has 21 heavy (non-hydrogen) atoms. The van der Waals surface area contributed by atoms with Crippen molar-refractivity contribution in [2.75, 3.05) is 16.9 Å². The van der Waals surface area contributed by atoms with Gasteiger partial charge in [-0.1, -0.05) is 0 Å². The highest BCUT2D eigenvalue weighted by atomic mass is 16.1. The number of carbonyl (C=O) groups is 1. The van der Waals surface area contributed by atoms with Gasteiger partial charge in [-0.25, -0.2) is 10.5 Å². The van der Waals surface area contributed by atoms with Gasteiger partial charge in [0.15, 0.2) is 0 Å². The van der Waals surface area contributed by atoms with Gasteiger partial charge in [0.2, 0.25) is 17.8 Å². The topological polar surface area (TPSA) is 141 Å². The van der Waals surface area contributed by atoms with E-state index in [9.17, 15) is 4.79 Å². The molecule has 0 radical (unpaired) electrons. The lowest BCUT2D eigenvalue weighted by Gasteiger charge is -2.25. The summed E-state index contributed by atoms with van der Waals surface area (Å²) in [6, 6.07) is 1.71. The van der Waals surface area contributed by atoms with E-state index >= 15 is 0 Å². The monoisotopic (exact) mass is 291 g/mol. The zero-order valence-corrected chi connectivity index (χ0v) is 11.8. The van der Waals surface area contributed by atoms with Crippen molar-refractivity contribution in [3.8, 4) is 5.95 Å². The number of nitrogens with zero attached hydrogens (tertiary/aromatic N) is 6. The summed E-state index contributed by atoms with van der Waals surface area (Å²) in [4.78, 5) is 25.4. The highest BCUT2D eigenvalue weighted by Gasteiger charge is 2.18. The Labute approximate surface area is 121 Å². The molecule has 0 aliphatic carbocycles. The smallest absolute Gasteiger partial charge is 0.257 e. The van der Waals surface area contributed by atoms with E-state index in [-0.39, 0.29) is 30.4 Å². The van der Waals surface area contributed by atoms with Crippen molar-refractivity contribution in [2.24, 2.45) is 11.6 Å². The highest BCUT2D eigenvalue weighted by molar-refractivity contribution is 5.79. The van der Waals surface area contributed by atoms with E-state index in [4.69, 9.17) is 11.6 Å². The van der Waals surface area contributed by atoms with Gasteiger partial charge in [-0.3, -0.25) is 10.2 Å². The van der Waals surface area contributed by atoms with Crippen molar-refractivity contribution in [1.82, 2.24) is 24.7 Å². The molecule has 0 saturated carbocycles. The first-order valence-corrected chi connectivity index (χ1v) is 6.29.